The molecule has 4 atom stereocenters. The van der Waals surface area contributed by atoms with Gasteiger partial charge in [0.2, 0.25) is 0 Å². The van der Waals surface area contributed by atoms with Crippen molar-refractivity contribution in [2.45, 2.75) is 44.3 Å². The lowest BCUT2D eigenvalue weighted by Gasteiger charge is -2.34. The maximum atomic E-state index is 6.02. The van der Waals surface area contributed by atoms with Gasteiger partial charge in [-0.3, -0.25) is 0 Å². The average Bonchev–Trinajstić information content (AvgIpc) is 2.45. The lowest BCUT2D eigenvalue weighted by molar-refractivity contribution is 0.157. The molecule has 2 aliphatic rings. The van der Waals surface area contributed by atoms with Crippen LogP contribution in [0.25, 0.3) is 0 Å². The third kappa shape index (κ3) is 0.926. The Labute approximate surface area is 68.7 Å². The summed E-state index contributed by atoms with van der Waals surface area (Å²) >= 11 is 0. The standard InChI is InChI=1S/C9H18N2/c1-3-9-7-4-6(11(9)2)5-8(7)10/h6-9H,3-5,10H2,1-2H3/t6-,7+,8-,9+/m1/s1. The van der Waals surface area contributed by atoms with E-state index in [2.05, 4.69) is 18.9 Å². The highest BCUT2D eigenvalue weighted by Gasteiger charge is 2.47. The van der Waals surface area contributed by atoms with E-state index < -0.39 is 0 Å². The maximum absolute atomic E-state index is 6.02. The second kappa shape index (κ2) is 2.46. The zero-order valence-corrected chi connectivity index (χ0v) is 7.46. The minimum atomic E-state index is 0.501. The molecule has 1 aliphatic heterocycles. The molecule has 0 amide bonds. The van der Waals surface area contributed by atoms with Gasteiger partial charge in [0.05, 0.1) is 0 Å². The smallest absolute Gasteiger partial charge is 0.0136 e. The van der Waals surface area contributed by atoms with Crippen molar-refractivity contribution in [1.29, 1.82) is 0 Å². The molecule has 11 heavy (non-hydrogen) atoms. The molecule has 2 N–H and O–H groups in total. The molecule has 0 aromatic rings. The largest absolute Gasteiger partial charge is 0.327 e. The zero-order chi connectivity index (χ0) is 8.01. The molecule has 0 aromatic carbocycles. The molecule has 0 unspecified atom stereocenters. The van der Waals surface area contributed by atoms with Gasteiger partial charge in [-0.2, -0.15) is 0 Å². The van der Waals surface area contributed by atoms with E-state index in [0.717, 1.165) is 18.0 Å². The van der Waals surface area contributed by atoms with Gasteiger partial charge in [-0.25, -0.2) is 0 Å². The molecule has 0 aromatic heterocycles. The van der Waals surface area contributed by atoms with Gasteiger partial charge < -0.3 is 10.6 Å². The first-order valence-corrected chi connectivity index (χ1v) is 4.71. The minimum absolute atomic E-state index is 0.501. The molecular weight excluding hydrogens is 136 g/mol. The van der Waals surface area contributed by atoms with Crippen LogP contribution < -0.4 is 5.73 Å². The molecule has 1 saturated heterocycles. The van der Waals surface area contributed by atoms with Crippen LogP contribution in [-0.4, -0.2) is 30.1 Å². The van der Waals surface area contributed by atoms with E-state index in [0.29, 0.717) is 6.04 Å². The van der Waals surface area contributed by atoms with E-state index in [9.17, 15) is 0 Å². The summed E-state index contributed by atoms with van der Waals surface area (Å²) in [7, 11) is 2.25. The molecule has 0 spiro atoms. The lowest BCUT2D eigenvalue weighted by Crippen LogP contribution is -2.46. The van der Waals surface area contributed by atoms with Crippen LogP contribution in [0.2, 0.25) is 0 Å². The van der Waals surface area contributed by atoms with Crippen molar-refractivity contribution < 1.29 is 0 Å². The van der Waals surface area contributed by atoms with Crippen LogP contribution in [0.3, 0.4) is 0 Å². The molecule has 1 saturated carbocycles. The van der Waals surface area contributed by atoms with Gasteiger partial charge >= 0.3 is 0 Å². The summed E-state index contributed by atoms with van der Waals surface area (Å²) in [4.78, 5) is 2.54. The molecule has 2 nitrogen and oxygen atoms in total. The highest BCUT2D eigenvalue weighted by atomic mass is 15.2. The topological polar surface area (TPSA) is 29.3 Å². The Hall–Kier alpha value is -0.0800. The Bertz CT molecular complexity index is 158. The normalized spacial score (nSPS) is 50.5. The van der Waals surface area contributed by atoms with Gasteiger partial charge in [0, 0.05) is 18.1 Å². The van der Waals surface area contributed by atoms with Crippen molar-refractivity contribution in [3.8, 4) is 0 Å². The average molecular weight is 154 g/mol. The Morgan fingerprint density at radius 2 is 2.18 bits per heavy atom. The van der Waals surface area contributed by atoms with Gasteiger partial charge in [-0.15, -0.1) is 0 Å². The predicted octanol–water partition coefficient (Wildman–Crippen LogP) is 0.816. The van der Waals surface area contributed by atoms with E-state index >= 15 is 0 Å². The predicted molar refractivity (Wildman–Crippen MR) is 46.3 cm³/mol. The lowest BCUT2D eigenvalue weighted by atomic mass is 9.93. The molecule has 2 heteroatoms. The molecule has 2 fully saturated rings. The fourth-order valence-corrected chi connectivity index (χ4v) is 3.01. The number of nitrogens with zero attached hydrogens (tertiary/aromatic N) is 1. The second-order valence-corrected chi connectivity index (χ2v) is 4.09. The quantitative estimate of drug-likeness (QED) is 0.606. The Balaban J connectivity index is 2.13. The summed E-state index contributed by atoms with van der Waals surface area (Å²) in [5.74, 6) is 0.801. The number of likely N-dealkylation sites (tertiary alicyclic amines) is 1. The maximum Gasteiger partial charge on any atom is 0.0136 e. The summed E-state index contributed by atoms with van der Waals surface area (Å²) in [6, 6.07) is 2.09. The summed E-state index contributed by atoms with van der Waals surface area (Å²) in [5, 5.41) is 0. The van der Waals surface area contributed by atoms with Crippen molar-refractivity contribution in [3.63, 3.8) is 0 Å². The number of fused-ring (bicyclic) bond motifs is 2. The summed E-state index contributed by atoms with van der Waals surface area (Å²) < 4.78 is 0. The minimum Gasteiger partial charge on any atom is -0.327 e. The van der Waals surface area contributed by atoms with Crippen LogP contribution >= 0.6 is 0 Å². The first-order valence-electron chi connectivity index (χ1n) is 4.71. The van der Waals surface area contributed by atoms with Gasteiger partial charge in [0.1, 0.15) is 0 Å². The molecule has 64 valence electrons. The van der Waals surface area contributed by atoms with Crippen LogP contribution in [0.1, 0.15) is 26.2 Å². The molecular formula is C9H18N2. The number of hydrogen-bond acceptors (Lipinski definition) is 2. The number of hydrogen-bond donors (Lipinski definition) is 1. The second-order valence-electron chi connectivity index (χ2n) is 4.09. The monoisotopic (exact) mass is 154 g/mol. The Kier molecular flexibility index (Phi) is 1.69. The fourth-order valence-electron chi connectivity index (χ4n) is 3.01. The van der Waals surface area contributed by atoms with Crippen molar-refractivity contribution in [2.75, 3.05) is 7.05 Å². The van der Waals surface area contributed by atoms with Crippen LogP contribution in [0.4, 0.5) is 0 Å². The molecule has 0 radical (unpaired) electrons. The molecule has 2 rings (SSSR count). The molecule has 2 bridgehead atoms. The zero-order valence-electron chi connectivity index (χ0n) is 7.46. The van der Waals surface area contributed by atoms with E-state index in [1.807, 2.05) is 0 Å². The SMILES string of the molecule is CC[C@H]1[C@H]2C[C@H](C[C@H]2N)N1C. The van der Waals surface area contributed by atoms with E-state index in [-0.39, 0.29) is 0 Å². The number of rotatable bonds is 1. The Morgan fingerprint density at radius 3 is 2.64 bits per heavy atom. The Morgan fingerprint density at radius 1 is 1.45 bits per heavy atom. The number of nitrogens with two attached hydrogens (primary N) is 1. The van der Waals surface area contributed by atoms with Gasteiger partial charge in [-0.1, -0.05) is 6.92 Å². The summed E-state index contributed by atoms with van der Waals surface area (Å²) in [6.45, 7) is 2.27. The summed E-state index contributed by atoms with van der Waals surface area (Å²) in [5.41, 5.74) is 6.02. The van der Waals surface area contributed by atoms with Crippen molar-refractivity contribution in [2.24, 2.45) is 11.7 Å². The van der Waals surface area contributed by atoms with Crippen LogP contribution in [-0.2, 0) is 0 Å². The third-order valence-corrected chi connectivity index (χ3v) is 3.65. The van der Waals surface area contributed by atoms with Gasteiger partial charge in [-0.05, 0) is 32.2 Å². The number of piperidine rings is 1. The van der Waals surface area contributed by atoms with Crippen molar-refractivity contribution in [3.05, 3.63) is 0 Å². The van der Waals surface area contributed by atoms with Crippen LogP contribution in [0.15, 0.2) is 0 Å². The molecule has 1 aliphatic carbocycles. The highest BCUT2D eigenvalue weighted by molar-refractivity contribution is 5.03. The van der Waals surface area contributed by atoms with E-state index in [4.69, 9.17) is 5.73 Å². The molecule has 1 heterocycles. The van der Waals surface area contributed by atoms with Gasteiger partial charge in [0.25, 0.3) is 0 Å². The van der Waals surface area contributed by atoms with E-state index in [1.54, 1.807) is 0 Å². The third-order valence-electron chi connectivity index (χ3n) is 3.65. The highest BCUT2D eigenvalue weighted by Crippen LogP contribution is 2.41. The fraction of sp³-hybridized carbons (Fsp3) is 1.00. The van der Waals surface area contributed by atoms with E-state index in [1.165, 1.54) is 19.3 Å². The first kappa shape index (κ1) is 7.56. The summed E-state index contributed by atoms with van der Waals surface area (Å²) in [6.07, 6.45) is 3.86. The van der Waals surface area contributed by atoms with Crippen molar-refractivity contribution in [1.82, 2.24) is 4.90 Å². The van der Waals surface area contributed by atoms with Crippen LogP contribution in [0.5, 0.6) is 0 Å². The first-order chi connectivity index (χ1) is 5.24. The van der Waals surface area contributed by atoms with Crippen LogP contribution in [0, 0.1) is 5.92 Å². The van der Waals surface area contributed by atoms with Gasteiger partial charge in [0.15, 0.2) is 0 Å². The van der Waals surface area contributed by atoms with Crippen molar-refractivity contribution >= 4 is 0 Å².